The molecular weight excluding hydrogens is 228 g/mol. The maximum absolute atomic E-state index is 11.7. The lowest BCUT2D eigenvalue weighted by molar-refractivity contribution is -0.129. The van der Waals surface area contributed by atoms with Crippen LogP contribution in [0, 0.1) is 0 Å². The minimum atomic E-state index is -3.23. The van der Waals surface area contributed by atoms with Crippen LogP contribution in [0.5, 0.6) is 0 Å². The van der Waals surface area contributed by atoms with Gasteiger partial charge in [0.05, 0.1) is 5.75 Å². The summed E-state index contributed by atoms with van der Waals surface area (Å²) >= 11 is 0. The fraction of sp³-hybridized carbons (Fsp3) is 0.900. The minimum Gasteiger partial charge on any atom is -0.340 e. The van der Waals surface area contributed by atoms with E-state index in [9.17, 15) is 13.2 Å². The summed E-state index contributed by atoms with van der Waals surface area (Å²) < 4.78 is 23.0. The normalized spacial score (nSPS) is 22.1. The number of nitrogens with zero attached hydrogens (tertiary/aromatic N) is 1. The van der Waals surface area contributed by atoms with Gasteiger partial charge in [0.2, 0.25) is 5.91 Å². The predicted octanol–water partition coefficient (Wildman–Crippen LogP) is -0.239. The summed E-state index contributed by atoms with van der Waals surface area (Å²) in [6.45, 7) is 2.91. The zero-order valence-corrected chi connectivity index (χ0v) is 10.5. The van der Waals surface area contributed by atoms with E-state index < -0.39 is 9.84 Å². The van der Waals surface area contributed by atoms with Crippen molar-refractivity contribution in [2.75, 3.05) is 24.6 Å². The van der Waals surface area contributed by atoms with Crippen LogP contribution in [0.25, 0.3) is 0 Å². The Hall–Kier alpha value is -0.620. The number of carbonyl (C=O) groups is 1. The number of sulfone groups is 1. The van der Waals surface area contributed by atoms with E-state index in [2.05, 4.69) is 0 Å². The molecule has 1 fully saturated rings. The number of nitrogens with two attached hydrogens (primary N) is 1. The maximum atomic E-state index is 11.7. The monoisotopic (exact) mass is 248 g/mol. The van der Waals surface area contributed by atoms with Crippen LogP contribution in [0.2, 0.25) is 0 Å². The lowest BCUT2D eigenvalue weighted by atomic mass is 10.1. The SMILES string of the molecule is CCCS(=O)(=O)CC(=O)N1CCCC(N)C1. The van der Waals surface area contributed by atoms with Crippen molar-refractivity contribution < 1.29 is 13.2 Å². The highest BCUT2D eigenvalue weighted by atomic mass is 32.2. The van der Waals surface area contributed by atoms with Gasteiger partial charge in [-0.1, -0.05) is 6.92 Å². The fourth-order valence-electron chi connectivity index (χ4n) is 1.90. The number of piperidine rings is 1. The average molecular weight is 248 g/mol. The predicted molar refractivity (Wildman–Crippen MR) is 62.7 cm³/mol. The Morgan fingerprint density at radius 1 is 1.50 bits per heavy atom. The van der Waals surface area contributed by atoms with Crippen molar-refractivity contribution in [2.24, 2.45) is 5.73 Å². The Bertz CT molecular complexity index is 340. The van der Waals surface area contributed by atoms with Crippen LogP contribution < -0.4 is 5.73 Å². The van der Waals surface area contributed by atoms with E-state index in [0.29, 0.717) is 19.5 Å². The summed E-state index contributed by atoms with van der Waals surface area (Å²) in [5, 5.41) is 0. The molecule has 0 aromatic heterocycles. The lowest BCUT2D eigenvalue weighted by Crippen LogP contribution is -2.47. The van der Waals surface area contributed by atoms with Gasteiger partial charge in [-0.15, -0.1) is 0 Å². The average Bonchev–Trinajstić information content (AvgIpc) is 2.16. The van der Waals surface area contributed by atoms with Gasteiger partial charge in [-0.05, 0) is 19.3 Å². The molecule has 1 atom stereocenters. The molecule has 1 saturated heterocycles. The van der Waals surface area contributed by atoms with Gasteiger partial charge >= 0.3 is 0 Å². The zero-order valence-electron chi connectivity index (χ0n) is 9.68. The minimum absolute atomic E-state index is 0.00780. The van der Waals surface area contributed by atoms with E-state index in [4.69, 9.17) is 5.73 Å². The summed E-state index contributed by atoms with van der Waals surface area (Å²) in [6.07, 6.45) is 2.32. The Morgan fingerprint density at radius 2 is 2.19 bits per heavy atom. The molecule has 0 radical (unpaired) electrons. The molecule has 0 aliphatic carbocycles. The molecule has 5 nitrogen and oxygen atoms in total. The first-order chi connectivity index (χ1) is 7.44. The summed E-state index contributed by atoms with van der Waals surface area (Å²) in [5.74, 6) is -0.588. The molecule has 0 aromatic carbocycles. The molecular formula is C10H20N2O3S. The fourth-order valence-corrected chi connectivity index (χ4v) is 3.22. The molecule has 0 bridgehead atoms. The molecule has 94 valence electrons. The second-order valence-electron chi connectivity index (χ2n) is 4.33. The van der Waals surface area contributed by atoms with E-state index in [1.54, 1.807) is 11.8 Å². The molecule has 1 rings (SSSR count). The zero-order chi connectivity index (χ0) is 12.2. The van der Waals surface area contributed by atoms with Gasteiger partial charge in [-0.2, -0.15) is 0 Å². The van der Waals surface area contributed by atoms with Crippen molar-refractivity contribution in [1.82, 2.24) is 4.90 Å². The highest BCUT2D eigenvalue weighted by Crippen LogP contribution is 2.09. The van der Waals surface area contributed by atoms with Crippen LogP contribution in [-0.2, 0) is 14.6 Å². The van der Waals surface area contributed by atoms with Crippen LogP contribution in [0.1, 0.15) is 26.2 Å². The Labute approximate surface area is 96.9 Å². The van der Waals surface area contributed by atoms with E-state index in [0.717, 1.165) is 12.8 Å². The van der Waals surface area contributed by atoms with E-state index >= 15 is 0 Å². The van der Waals surface area contributed by atoms with E-state index in [-0.39, 0.29) is 23.5 Å². The molecule has 2 N–H and O–H groups in total. The topological polar surface area (TPSA) is 80.5 Å². The molecule has 1 unspecified atom stereocenters. The smallest absolute Gasteiger partial charge is 0.237 e. The third-order valence-corrected chi connectivity index (χ3v) is 4.39. The number of carbonyl (C=O) groups excluding carboxylic acids is 1. The molecule has 16 heavy (non-hydrogen) atoms. The van der Waals surface area contributed by atoms with Crippen LogP contribution >= 0.6 is 0 Å². The number of hydrogen-bond acceptors (Lipinski definition) is 4. The molecule has 6 heteroatoms. The molecule has 1 heterocycles. The van der Waals surface area contributed by atoms with Crippen molar-refractivity contribution in [1.29, 1.82) is 0 Å². The summed E-state index contributed by atoms with van der Waals surface area (Å²) in [5.41, 5.74) is 5.74. The van der Waals surface area contributed by atoms with Crippen molar-refractivity contribution in [3.63, 3.8) is 0 Å². The van der Waals surface area contributed by atoms with Crippen LogP contribution in [0.4, 0.5) is 0 Å². The standard InChI is InChI=1S/C10H20N2O3S/c1-2-6-16(14,15)8-10(13)12-5-3-4-9(11)7-12/h9H,2-8,11H2,1H3. The summed E-state index contributed by atoms with van der Waals surface area (Å²) in [4.78, 5) is 13.3. The van der Waals surface area contributed by atoms with Gasteiger partial charge in [-0.3, -0.25) is 4.79 Å². The van der Waals surface area contributed by atoms with E-state index in [1.807, 2.05) is 0 Å². The third-order valence-electron chi connectivity index (χ3n) is 2.67. The second-order valence-corrected chi connectivity index (χ2v) is 6.52. The number of amides is 1. The van der Waals surface area contributed by atoms with Crippen molar-refractivity contribution in [3.05, 3.63) is 0 Å². The Balaban J connectivity index is 2.51. The Morgan fingerprint density at radius 3 is 2.75 bits per heavy atom. The molecule has 0 saturated carbocycles. The van der Waals surface area contributed by atoms with Gasteiger partial charge in [0, 0.05) is 19.1 Å². The van der Waals surface area contributed by atoms with Gasteiger partial charge in [0.25, 0.3) is 0 Å². The van der Waals surface area contributed by atoms with Crippen molar-refractivity contribution in [2.45, 2.75) is 32.2 Å². The lowest BCUT2D eigenvalue weighted by Gasteiger charge is -2.30. The Kier molecular flexibility index (Phi) is 4.73. The van der Waals surface area contributed by atoms with Crippen molar-refractivity contribution >= 4 is 15.7 Å². The van der Waals surface area contributed by atoms with Crippen LogP contribution in [0.3, 0.4) is 0 Å². The quantitative estimate of drug-likeness (QED) is 0.744. The highest BCUT2D eigenvalue weighted by Gasteiger charge is 2.24. The summed E-state index contributed by atoms with van der Waals surface area (Å²) in [6, 6.07) is -0.00780. The van der Waals surface area contributed by atoms with Crippen LogP contribution in [-0.4, -0.2) is 49.9 Å². The molecule has 0 spiro atoms. The number of rotatable bonds is 4. The van der Waals surface area contributed by atoms with Crippen LogP contribution in [0.15, 0.2) is 0 Å². The summed E-state index contributed by atoms with van der Waals surface area (Å²) in [7, 11) is -3.23. The molecule has 0 aromatic rings. The number of hydrogen-bond donors (Lipinski definition) is 1. The first kappa shape index (κ1) is 13.4. The molecule has 1 amide bonds. The van der Waals surface area contributed by atoms with Gasteiger partial charge in [0.1, 0.15) is 5.75 Å². The second kappa shape index (κ2) is 5.63. The highest BCUT2D eigenvalue weighted by molar-refractivity contribution is 7.92. The van der Waals surface area contributed by atoms with E-state index in [1.165, 1.54) is 0 Å². The first-order valence-corrected chi connectivity index (χ1v) is 7.50. The van der Waals surface area contributed by atoms with Gasteiger partial charge in [-0.25, -0.2) is 8.42 Å². The molecule has 1 aliphatic rings. The van der Waals surface area contributed by atoms with Gasteiger partial charge < -0.3 is 10.6 Å². The maximum Gasteiger partial charge on any atom is 0.237 e. The van der Waals surface area contributed by atoms with Crippen molar-refractivity contribution in [3.8, 4) is 0 Å². The molecule has 1 aliphatic heterocycles. The largest absolute Gasteiger partial charge is 0.340 e. The number of likely N-dealkylation sites (tertiary alicyclic amines) is 1. The third kappa shape index (κ3) is 4.09. The first-order valence-electron chi connectivity index (χ1n) is 5.68. The van der Waals surface area contributed by atoms with Gasteiger partial charge in [0.15, 0.2) is 9.84 Å².